The summed E-state index contributed by atoms with van der Waals surface area (Å²) < 4.78 is 28.1. The summed E-state index contributed by atoms with van der Waals surface area (Å²) in [6.45, 7) is 1.89. The molecule has 1 unspecified atom stereocenters. The largest absolute Gasteiger partial charge is 0.271 e. The highest BCUT2D eigenvalue weighted by atomic mass is 79.9. The normalized spacial score (nSPS) is 12.5. The van der Waals surface area contributed by atoms with E-state index in [0.29, 0.717) is 0 Å². The van der Waals surface area contributed by atoms with Gasteiger partial charge >= 0.3 is 0 Å². The molecule has 0 fully saturated rings. The maximum Gasteiger partial charge on any atom is 0.163 e. The van der Waals surface area contributed by atoms with Crippen molar-refractivity contribution >= 4 is 15.9 Å². The van der Waals surface area contributed by atoms with Crippen molar-refractivity contribution in [3.63, 3.8) is 0 Å². The fourth-order valence-corrected chi connectivity index (χ4v) is 2.41. The van der Waals surface area contributed by atoms with E-state index in [9.17, 15) is 8.78 Å². The van der Waals surface area contributed by atoms with Crippen molar-refractivity contribution in [2.45, 2.75) is 13.0 Å². The molecule has 0 heterocycles. The molecule has 0 amide bonds. The molecule has 2 nitrogen and oxygen atoms in total. The molecule has 0 aliphatic rings. The second kappa shape index (κ2) is 5.77. The van der Waals surface area contributed by atoms with Crippen molar-refractivity contribution < 1.29 is 8.78 Å². The van der Waals surface area contributed by atoms with E-state index in [1.807, 2.05) is 25.1 Å². The Morgan fingerprint density at radius 2 is 1.74 bits per heavy atom. The summed E-state index contributed by atoms with van der Waals surface area (Å²) in [5.41, 5.74) is 4.45. The molecule has 1 atom stereocenters. The van der Waals surface area contributed by atoms with Crippen molar-refractivity contribution in [1.29, 1.82) is 0 Å². The van der Waals surface area contributed by atoms with E-state index in [2.05, 4.69) is 21.4 Å². The van der Waals surface area contributed by atoms with Crippen LogP contribution in [0.5, 0.6) is 0 Å². The Hall–Kier alpha value is -1.30. The minimum Gasteiger partial charge on any atom is -0.271 e. The van der Waals surface area contributed by atoms with Crippen LogP contribution in [-0.2, 0) is 0 Å². The number of nitrogens with two attached hydrogens (primary N) is 1. The highest BCUT2D eigenvalue weighted by Crippen LogP contribution is 2.30. The Labute approximate surface area is 118 Å². The van der Waals surface area contributed by atoms with Gasteiger partial charge in [0.1, 0.15) is 0 Å². The predicted octanol–water partition coefficient (Wildman–Crippen LogP) is 3.59. The van der Waals surface area contributed by atoms with Crippen LogP contribution in [0.25, 0.3) is 0 Å². The summed E-state index contributed by atoms with van der Waals surface area (Å²) in [5.74, 6) is 3.75. The van der Waals surface area contributed by atoms with Gasteiger partial charge in [-0.1, -0.05) is 40.2 Å². The molecule has 100 valence electrons. The average molecular weight is 327 g/mol. The molecule has 2 aromatic carbocycles. The van der Waals surface area contributed by atoms with Crippen LogP contribution in [0.1, 0.15) is 22.7 Å². The van der Waals surface area contributed by atoms with Gasteiger partial charge in [-0.05, 0) is 30.2 Å². The zero-order valence-electron chi connectivity index (χ0n) is 10.3. The Balaban J connectivity index is 2.57. The standard InChI is InChI=1S/C14H13BrF2N2/c1-8-9(4-2-6-11(8)15)14(19-18)10-5-3-7-12(16)13(10)17/h2-7,14,19H,18H2,1H3. The predicted molar refractivity (Wildman–Crippen MR) is 74.4 cm³/mol. The van der Waals surface area contributed by atoms with E-state index in [1.165, 1.54) is 12.1 Å². The van der Waals surface area contributed by atoms with E-state index in [-0.39, 0.29) is 5.56 Å². The first kappa shape index (κ1) is 14.1. The molecule has 0 spiro atoms. The quantitative estimate of drug-likeness (QED) is 0.668. The van der Waals surface area contributed by atoms with E-state index in [4.69, 9.17) is 5.84 Å². The average Bonchev–Trinajstić information content (AvgIpc) is 2.40. The first-order chi connectivity index (χ1) is 9.06. The number of rotatable bonds is 3. The van der Waals surface area contributed by atoms with Crippen LogP contribution >= 0.6 is 15.9 Å². The third-order valence-electron chi connectivity index (χ3n) is 3.08. The van der Waals surface area contributed by atoms with Crippen LogP contribution in [0.15, 0.2) is 40.9 Å². The first-order valence-corrected chi connectivity index (χ1v) is 6.50. The van der Waals surface area contributed by atoms with Gasteiger partial charge in [-0.2, -0.15) is 0 Å². The maximum atomic E-state index is 13.9. The van der Waals surface area contributed by atoms with Gasteiger partial charge in [0.2, 0.25) is 0 Å². The maximum absolute atomic E-state index is 13.9. The molecule has 0 aliphatic heterocycles. The number of hydrazine groups is 1. The molecule has 5 heteroatoms. The lowest BCUT2D eigenvalue weighted by atomic mass is 9.95. The Morgan fingerprint density at radius 3 is 2.42 bits per heavy atom. The van der Waals surface area contributed by atoms with E-state index in [0.717, 1.165) is 21.7 Å². The number of nitrogens with one attached hydrogen (secondary N) is 1. The second-order valence-corrected chi connectivity index (χ2v) is 5.05. The Bertz CT molecular complexity index is 550. The van der Waals surface area contributed by atoms with Crippen LogP contribution in [0.4, 0.5) is 8.78 Å². The molecule has 19 heavy (non-hydrogen) atoms. The van der Waals surface area contributed by atoms with Gasteiger partial charge in [-0.3, -0.25) is 5.84 Å². The van der Waals surface area contributed by atoms with E-state index >= 15 is 0 Å². The minimum atomic E-state index is -0.884. The topological polar surface area (TPSA) is 38.0 Å². The third kappa shape index (κ3) is 2.68. The molecular weight excluding hydrogens is 314 g/mol. The second-order valence-electron chi connectivity index (χ2n) is 4.20. The Kier molecular flexibility index (Phi) is 4.29. The van der Waals surface area contributed by atoms with Crippen LogP contribution in [0, 0.1) is 18.6 Å². The molecule has 2 rings (SSSR count). The fourth-order valence-electron chi connectivity index (χ4n) is 2.03. The molecule has 2 aromatic rings. The Morgan fingerprint density at radius 1 is 1.11 bits per heavy atom. The molecule has 0 aliphatic carbocycles. The van der Waals surface area contributed by atoms with Crippen LogP contribution < -0.4 is 11.3 Å². The van der Waals surface area contributed by atoms with Crippen LogP contribution in [0.3, 0.4) is 0 Å². The molecule has 0 radical (unpaired) electrons. The summed E-state index contributed by atoms with van der Waals surface area (Å²) in [6, 6.07) is 9.00. The van der Waals surface area contributed by atoms with Crippen molar-refractivity contribution in [3.05, 3.63) is 69.2 Å². The third-order valence-corrected chi connectivity index (χ3v) is 3.94. The summed E-state index contributed by atoms with van der Waals surface area (Å²) in [4.78, 5) is 0. The summed E-state index contributed by atoms with van der Waals surface area (Å²) in [6.07, 6.45) is 0. The number of hydrogen-bond acceptors (Lipinski definition) is 2. The number of halogens is 3. The summed E-state index contributed by atoms with van der Waals surface area (Å²) >= 11 is 3.41. The summed E-state index contributed by atoms with van der Waals surface area (Å²) in [7, 11) is 0. The van der Waals surface area contributed by atoms with Gasteiger partial charge in [0.05, 0.1) is 6.04 Å². The summed E-state index contributed by atoms with van der Waals surface area (Å²) in [5, 5.41) is 0. The smallest absolute Gasteiger partial charge is 0.163 e. The lowest BCUT2D eigenvalue weighted by Crippen LogP contribution is -2.30. The van der Waals surface area contributed by atoms with Crippen LogP contribution in [0.2, 0.25) is 0 Å². The van der Waals surface area contributed by atoms with Gasteiger partial charge in [-0.25, -0.2) is 14.2 Å². The van der Waals surface area contributed by atoms with Crippen LogP contribution in [-0.4, -0.2) is 0 Å². The first-order valence-electron chi connectivity index (χ1n) is 5.71. The molecule has 0 bridgehead atoms. The van der Waals surface area contributed by atoms with Crippen molar-refractivity contribution in [1.82, 2.24) is 5.43 Å². The van der Waals surface area contributed by atoms with Gasteiger partial charge in [0.25, 0.3) is 0 Å². The molecule has 0 saturated carbocycles. The van der Waals surface area contributed by atoms with Gasteiger partial charge in [0.15, 0.2) is 11.6 Å². The number of hydrogen-bond donors (Lipinski definition) is 2. The van der Waals surface area contributed by atoms with Gasteiger partial charge in [0, 0.05) is 10.0 Å². The monoisotopic (exact) mass is 326 g/mol. The zero-order chi connectivity index (χ0) is 14.0. The highest BCUT2D eigenvalue weighted by Gasteiger charge is 2.20. The number of benzene rings is 2. The fraction of sp³-hybridized carbons (Fsp3) is 0.143. The van der Waals surface area contributed by atoms with Gasteiger partial charge in [-0.15, -0.1) is 0 Å². The van der Waals surface area contributed by atoms with Crippen molar-refractivity contribution in [2.24, 2.45) is 5.84 Å². The SMILES string of the molecule is Cc1c(Br)cccc1C(NN)c1cccc(F)c1F. The van der Waals surface area contributed by atoms with Gasteiger partial charge < -0.3 is 0 Å². The lowest BCUT2D eigenvalue weighted by Gasteiger charge is -2.20. The lowest BCUT2D eigenvalue weighted by molar-refractivity contribution is 0.482. The van der Waals surface area contributed by atoms with Crippen molar-refractivity contribution in [3.8, 4) is 0 Å². The van der Waals surface area contributed by atoms with E-state index < -0.39 is 17.7 Å². The highest BCUT2D eigenvalue weighted by molar-refractivity contribution is 9.10. The molecule has 3 N–H and O–H groups in total. The zero-order valence-corrected chi connectivity index (χ0v) is 11.8. The molecule has 0 aromatic heterocycles. The minimum absolute atomic E-state index is 0.184. The molecule has 0 saturated heterocycles. The molecular formula is C14H13BrF2N2. The van der Waals surface area contributed by atoms with E-state index in [1.54, 1.807) is 0 Å². The van der Waals surface area contributed by atoms with Crippen molar-refractivity contribution in [2.75, 3.05) is 0 Å².